The van der Waals surface area contributed by atoms with Gasteiger partial charge in [-0.2, -0.15) is 0 Å². The lowest BCUT2D eigenvalue weighted by Gasteiger charge is -2.37. The van der Waals surface area contributed by atoms with Crippen LogP contribution in [0.15, 0.2) is 89.4 Å². The largest absolute Gasteiger partial charge is 0.469 e. The van der Waals surface area contributed by atoms with Gasteiger partial charge in [-0.05, 0) is 73.3 Å². The van der Waals surface area contributed by atoms with Crippen LogP contribution < -0.4 is 0 Å². The van der Waals surface area contributed by atoms with Gasteiger partial charge in [0.25, 0.3) is 0 Å². The van der Waals surface area contributed by atoms with E-state index in [0.29, 0.717) is 22.3 Å². The van der Waals surface area contributed by atoms with Crippen LogP contribution >= 0.6 is 0 Å². The maximum atomic E-state index is 13.7. The standard InChI is InChI=1S/C48H52N4O16/c1-45-23-43(59)68-48(45,16-14-40(56)64-6)36-22-34-46(2)24-44(60)67-47(46,15-13-39(55)63-5)35(52-34)21-32-28(18-42(58)66-8)26(10-12-38(54)62-4)30(50-32)19-29-25(9-11-37(53)61-3)27(17-41(57)65-7)31(49-29)20-33(45)51-36/h19-22H,9-18,23-24H2,1-8H3. The molecule has 0 amide bonds. The van der Waals surface area contributed by atoms with Crippen LogP contribution in [-0.2, 0) is 76.3 Å². The van der Waals surface area contributed by atoms with Crippen LogP contribution in [0, 0.1) is 10.8 Å². The molecule has 4 unspecified atom stereocenters. The highest BCUT2D eigenvalue weighted by Crippen LogP contribution is 2.61. The molecule has 0 N–H and O–H groups in total. The SMILES string of the molecule is COC(=O)CCC1=C(CC(=O)OC)C2=NC1=CC1=NC(=CC3=NC(=CC4=NC(=C2)C2(CCC(=O)OC)OC(=O)CC42C)C2(CCC(=O)OC)OC(=O)CC32C)C(CC(=O)OC)=C1CCC(=O)OC. The molecule has 0 aliphatic carbocycles. The van der Waals surface area contributed by atoms with Gasteiger partial charge in [-0.15, -0.1) is 0 Å². The summed E-state index contributed by atoms with van der Waals surface area (Å²) in [4.78, 5) is 126. The van der Waals surface area contributed by atoms with Crippen molar-refractivity contribution in [1.82, 2.24) is 0 Å². The topological polar surface area (TPSA) is 260 Å². The molecule has 8 bridgehead atoms. The Balaban J connectivity index is 1.60. The molecule has 2 saturated heterocycles. The van der Waals surface area contributed by atoms with Crippen molar-refractivity contribution in [1.29, 1.82) is 0 Å². The van der Waals surface area contributed by atoms with Crippen molar-refractivity contribution in [3.63, 3.8) is 0 Å². The number of carbonyl (C=O) groups excluding carboxylic acids is 8. The molecule has 0 spiro atoms. The Hall–Kier alpha value is -7.12. The van der Waals surface area contributed by atoms with Gasteiger partial charge >= 0.3 is 47.8 Å². The summed E-state index contributed by atoms with van der Waals surface area (Å²) in [7, 11) is 7.40. The summed E-state index contributed by atoms with van der Waals surface area (Å²) in [5.74, 6) is -4.80. The van der Waals surface area contributed by atoms with E-state index >= 15 is 0 Å². The first-order chi connectivity index (χ1) is 32.3. The number of carbonyl (C=O) groups is 8. The van der Waals surface area contributed by atoms with Crippen LogP contribution in [0.3, 0.4) is 0 Å². The number of aliphatic imine (C=N–C) groups is 4. The van der Waals surface area contributed by atoms with E-state index in [1.54, 1.807) is 38.2 Å². The number of nitrogens with zero attached hydrogens (tertiary/aromatic N) is 4. The predicted octanol–water partition coefficient (Wildman–Crippen LogP) is 4.27. The molecular formula is C48H52N4O16. The Bertz CT molecular complexity index is 2640. The van der Waals surface area contributed by atoms with Crippen LogP contribution in [0.5, 0.6) is 0 Å². The molecule has 7 heterocycles. The van der Waals surface area contributed by atoms with Gasteiger partial charge < -0.3 is 37.9 Å². The summed E-state index contributed by atoms with van der Waals surface area (Å²) in [6.45, 7) is 3.52. The molecule has 20 heteroatoms. The van der Waals surface area contributed by atoms with Crippen molar-refractivity contribution < 1.29 is 76.3 Å². The Morgan fingerprint density at radius 1 is 0.485 bits per heavy atom. The number of methoxy groups -OCH3 is 6. The number of esters is 8. The zero-order chi connectivity index (χ0) is 49.3. The van der Waals surface area contributed by atoms with Crippen LogP contribution in [-0.4, -0.2) is 124 Å². The number of fused-ring (bicyclic) bond motifs is 10. The number of allylic oxidation sites excluding steroid dienone is 7. The number of hydrogen-bond donors (Lipinski definition) is 0. The third kappa shape index (κ3) is 8.44. The Morgan fingerprint density at radius 3 is 1.37 bits per heavy atom. The van der Waals surface area contributed by atoms with E-state index in [9.17, 15) is 38.4 Å². The number of ether oxygens (including phenoxy) is 8. The highest BCUT2D eigenvalue weighted by Gasteiger charge is 2.68. The fraction of sp³-hybridized carbons (Fsp3) is 0.500. The summed E-state index contributed by atoms with van der Waals surface area (Å²) in [6.07, 6.45) is 4.40. The lowest BCUT2D eigenvalue weighted by molar-refractivity contribution is -0.151. The molecule has 4 atom stereocenters. The molecule has 0 radical (unpaired) electrons. The van der Waals surface area contributed by atoms with Gasteiger partial charge in [0.1, 0.15) is 0 Å². The van der Waals surface area contributed by atoms with E-state index in [1.807, 2.05) is 0 Å². The normalized spacial score (nSPS) is 26.4. The average Bonchev–Trinajstić information content (AvgIpc) is 4.07. The van der Waals surface area contributed by atoms with Crippen molar-refractivity contribution >= 4 is 70.6 Å². The summed E-state index contributed by atoms with van der Waals surface area (Å²) < 4.78 is 42.9. The van der Waals surface area contributed by atoms with Crippen LogP contribution in [0.4, 0.5) is 0 Å². The van der Waals surface area contributed by atoms with Gasteiger partial charge in [0, 0.05) is 38.5 Å². The molecule has 2 fully saturated rings. The highest BCUT2D eigenvalue weighted by atomic mass is 16.6. The molecule has 0 aromatic heterocycles. The molecule has 0 aromatic rings. The van der Waals surface area contributed by atoms with Gasteiger partial charge in [0.15, 0.2) is 11.2 Å². The zero-order valence-corrected chi connectivity index (χ0v) is 39.1. The van der Waals surface area contributed by atoms with Crippen LogP contribution in [0.2, 0.25) is 0 Å². The van der Waals surface area contributed by atoms with Crippen molar-refractivity contribution in [2.75, 3.05) is 42.7 Å². The Morgan fingerprint density at radius 2 is 0.882 bits per heavy atom. The van der Waals surface area contributed by atoms with Gasteiger partial charge in [-0.1, -0.05) is 0 Å². The first-order valence-electron chi connectivity index (χ1n) is 21.9. The minimum absolute atomic E-state index is 0.00482. The monoisotopic (exact) mass is 940 g/mol. The fourth-order valence-electron chi connectivity index (χ4n) is 10.0. The number of hydrogen-bond acceptors (Lipinski definition) is 20. The Kier molecular flexibility index (Phi) is 13.5. The summed E-state index contributed by atoms with van der Waals surface area (Å²) in [5.41, 5.74) is -2.63. The van der Waals surface area contributed by atoms with Crippen molar-refractivity contribution in [3.05, 3.63) is 69.4 Å². The quantitative estimate of drug-likeness (QED) is 0.155. The van der Waals surface area contributed by atoms with E-state index in [2.05, 4.69) is 0 Å². The van der Waals surface area contributed by atoms with E-state index in [0.717, 1.165) is 0 Å². The minimum Gasteiger partial charge on any atom is -0.469 e. The first-order valence-corrected chi connectivity index (χ1v) is 21.9. The molecule has 0 aromatic carbocycles. The number of rotatable bonds is 16. The maximum absolute atomic E-state index is 13.7. The van der Waals surface area contributed by atoms with Crippen molar-refractivity contribution in [2.45, 2.75) is 102 Å². The van der Waals surface area contributed by atoms with Gasteiger partial charge in [0.05, 0.1) is 125 Å². The van der Waals surface area contributed by atoms with Gasteiger partial charge in [-0.25, -0.2) is 9.98 Å². The van der Waals surface area contributed by atoms with Crippen LogP contribution in [0.1, 0.15) is 90.9 Å². The summed E-state index contributed by atoms with van der Waals surface area (Å²) in [5, 5.41) is 0. The predicted molar refractivity (Wildman–Crippen MR) is 237 cm³/mol. The summed E-state index contributed by atoms with van der Waals surface area (Å²) >= 11 is 0. The molecule has 7 rings (SSSR count). The third-order valence-electron chi connectivity index (χ3n) is 13.9. The minimum atomic E-state index is -1.64. The lowest BCUT2D eigenvalue weighted by atomic mass is 9.66. The van der Waals surface area contributed by atoms with E-state index in [-0.39, 0.29) is 123 Å². The molecule has 360 valence electrons. The third-order valence-corrected chi connectivity index (χ3v) is 13.9. The van der Waals surface area contributed by atoms with Gasteiger partial charge in [0.2, 0.25) is 0 Å². The molecule has 7 aliphatic heterocycles. The molecule has 7 aliphatic rings. The molecule has 0 saturated carbocycles. The van der Waals surface area contributed by atoms with E-state index in [1.165, 1.54) is 42.7 Å². The first kappa shape index (κ1) is 48.8. The molecular weight excluding hydrogens is 889 g/mol. The van der Waals surface area contributed by atoms with Gasteiger partial charge in [-0.3, -0.25) is 48.3 Å². The maximum Gasteiger partial charge on any atom is 0.310 e. The second-order valence-corrected chi connectivity index (χ2v) is 17.5. The van der Waals surface area contributed by atoms with E-state index in [4.69, 9.17) is 57.9 Å². The molecule has 68 heavy (non-hydrogen) atoms. The van der Waals surface area contributed by atoms with Crippen molar-refractivity contribution in [3.8, 4) is 0 Å². The molecule has 20 nitrogen and oxygen atoms in total. The van der Waals surface area contributed by atoms with Crippen LogP contribution in [0.25, 0.3) is 0 Å². The van der Waals surface area contributed by atoms with Crippen molar-refractivity contribution in [2.24, 2.45) is 30.8 Å². The summed E-state index contributed by atoms with van der Waals surface area (Å²) in [6, 6.07) is 0. The second kappa shape index (κ2) is 18.9. The van der Waals surface area contributed by atoms with E-state index < -0.39 is 69.8 Å². The average molecular weight is 941 g/mol. The smallest absolute Gasteiger partial charge is 0.310 e. The Labute approximate surface area is 390 Å². The highest BCUT2D eigenvalue weighted by molar-refractivity contribution is 6.19. The zero-order valence-electron chi connectivity index (χ0n) is 39.1. The second-order valence-electron chi connectivity index (χ2n) is 17.5. The fourth-order valence-corrected chi connectivity index (χ4v) is 10.0. The lowest BCUT2D eigenvalue weighted by Crippen LogP contribution is -2.47.